The number of nitrogens with zero attached hydrogens (tertiary/aromatic N) is 2. The molecule has 0 spiro atoms. The summed E-state index contributed by atoms with van der Waals surface area (Å²) in [7, 11) is 0. The molecule has 1 unspecified atom stereocenters. The fourth-order valence-electron chi connectivity index (χ4n) is 1.42. The Morgan fingerprint density at radius 3 is 3.00 bits per heavy atom. The van der Waals surface area contributed by atoms with Crippen LogP contribution in [0.2, 0.25) is 0 Å². The van der Waals surface area contributed by atoms with Gasteiger partial charge in [0.2, 0.25) is 0 Å². The third kappa shape index (κ3) is 5.40. The normalized spacial score (nSPS) is 12.2. The lowest BCUT2D eigenvalue weighted by atomic mass is 10.2. The molecule has 0 fully saturated rings. The quantitative estimate of drug-likeness (QED) is 0.754. The molecule has 1 aromatic heterocycles. The Hall–Kier alpha value is -1.49. The molecule has 0 bridgehead atoms. The Labute approximate surface area is 102 Å². The van der Waals surface area contributed by atoms with E-state index in [1.54, 1.807) is 13.1 Å². The van der Waals surface area contributed by atoms with E-state index in [9.17, 15) is 4.79 Å². The van der Waals surface area contributed by atoms with E-state index in [0.29, 0.717) is 19.6 Å². The maximum absolute atomic E-state index is 11.2. The molecule has 1 atom stereocenters. The zero-order valence-electron chi connectivity index (χ0n) is 10.6. The lowest BCUT2D eigenvalue weighted by Gasteiger charge is -2.12. The molecule has 5 heteroatoms. The van der Waals surface area contributed by atoms with Gasteiger partial charge < -0.3 is 10.1 Å². The summed E-state index contributed by atoms with van der Waals surface area (Å²) in [6.45, 7) is 6.66. The van der Waals surface area contributed by atoms with E-state index in [1.165, 1.54) is 0 Å². The number of carbonyl (C=O) groups is 1. The molecule has 0 saturated carbocycles. The van der Waals surface area contributed by atoms with Crippen LogP contribution in [0.1, 0.15) is 31.8 Å². The highest BCUT2D eigenvalue weighted by Gasteiger charge is 2.09. The first kappa shape index (κ1) is 13.6. The third-order valence-electron chi connectivity index (χ3n) is 2.24. The summed E-state index contributed by atoms with van der Waals surface area (Å²) >= 11 is 0. The average Bonchev–Trinajstić information content (AvgIpc) is 2.27. The number of aromatic nitrogens is 2. The van der Waals surface area contributed by atoms with Crippen LogP contribution in [-0.2, 0) is 16.1 Å². The first-order valence-corrected chi connectivity index (χ1v) is 5.79. The molecule has 0 aliphatic carbocycles. The largest absolute Gasteiger partial charge is 0.466 e. The Bertz CT molecular complexity index is 369. The highest BCUT2D eigenvalue weighted by Crippen LogP contribution is 1.98. The van der Waals surface area contributed by atoms with Crippen LogP contribution in [0.25, 0.3) is 0 Å². The summed E-state index contributed by atoms with van der Waals surface area (Å²) in [6, 6.07) is 1.93. The monoisotopic (exact) mass is 237 g/mol. The van der Waals surface area contributed by atoms with Crippen molar-refractivity contribution in [3.05, 3.63) is 23.8 Å². The number of aryl methyl sites for hydroxylation is 1. The second-order valence-electron chi connectivity index (χ2n) is 3.89. The van der Waals surface area contributed by atoms with Crippen molar-refractivity contribution in [3.8, 4) is 0 Å². The lowest BCUT2D eigenvalue weighted by Crippen LogP contribution is -2.29. The Morgan fingerprint density at radius 2 is 2.35 bits per heavy atom. The number of rotatable bonds is 6. The molecule has 1 rings (SSSR count). The molecule has 0 aromatic carbocycles. The number of ether oxygens (including phenoxy) is 1. The lowest BCUT2D eigenvalue weighted by molar-refractivity contribution is -0.143. The van der Waals surface area contributed by atoms with E-state index >= 15 is 0 Å². The van der Waals surface area contributed by atoms with Crippen LogP contribution in [0.3, 0.4) is 0 Å². The molecular formula is C12H19N3O2. The molecule has 0 radical (unpaired) electrons. The zero-order valence-corrected chi connectivity index (χ0v) is 10.6. The first-order chi connectivity index (χ1) is 8.11. The maximum Gasteiger partial charge on any atom is 0.307 e. The van der Waals surface area contributed by atoms with Gasteiger partial charge in [0.05, 0.1) is 18.7 Å². The highest BCUT2D eigenvalue weighted by molar-refractivity contribution is 5.69. The van der Waals surface area contributed by atoms with Crippen LogP contribution >= 0.6 is 0 Å². The van der Waals surface area contributed by atoms with Crippen LogP contribution in [0.15, 0.2) is 12.3 Å². The molecule has 94 valence electrons. The van der Waals surface area contributed by atoms with E-state index in [0.717, 1.165) is 11.5 Å². The van der Waals surface area contributed by atoms with Gasteiger partial charge in [-0.1, -0.05) is 0 Å². The topological polar surface area (TPSA) is 64.1 Å². The minimum atomic E-state index is -0.175. The van der Waals surface area contributed by atoms with Gasteiger partial charge in [0.1, 0.15) is 5.82 Å². The van der Waals surface area contributed by atoms with Gasteiger partial charge >= 0.3 is 5.97 Å². The first-order valence-electron chi connectivity index (χ1n) is 5.79. The van der Waals surface area contributed by atoms with E-state index in [1.807, 2.05) is 19.9 Å². The third-order valence-corrected chi connectivity index (χ3v) is 2.24. The Balaban J connectivity index is 2.33. The van der Waals surface area contributed by atoms with Crippen LogP contribution < -0.4 is 5.32 Å². The van der Waals surface area contributed by atoms with Crippen molar-refractivity contribution in [2.45, 2.75) is 39.8 Å². The predicted molar refractivity (Wildman–Crippen MR) is 64.3 cm³/mol. The second-order valence-corrected chi connectivity index (χ2v) is 3.89. The van der Waals surface area contributed by atoms with Crippen molar-refractivity contribution in [1.29, 1.82) is 0 Å². The fraction of sp³-hybridized carbons (Fsp3) is 0.583. The van der Waals surface area contributed by atoms with Gasteiger partial charge in [0.25, 0.3) is 0 Å². The zero-order chi connectivity index (χ0) is 12.7. The van der Waals surface area contributed by atoms with Gasteiger partial charge in [0, 0.05) is 18.8 Å². The van der Waals surface area contributed by atoms with E-state index in [-0.39, 0.29) is 12.0 Å². The van der Waals surface area contributed by atoms with E-state index < -0.39 is 0 Å². The van der Waals surface area contributed by atoms with Crippen molar-refractivity contribution < 1.29 is 9.53 Å². The predicted octanol–water partition coefficient (Wildman–Crippen LogP) is 1.22. The SMILES string of the molecule is CCOC(=O)CC(C)NCc1ccnc(C)n1. The molecule has 0 amide bonds. The number of hydrogen-bond donors (Lipinski definition) is 1. The van der Waals surface area contributed by atoms with Gasteiger partial charge in [-0.25, -0.2) is 9.97 Å². The van der Waals surface area contributed by atoms with Crippen LogP contribution in [0.4, 0.5) is 0 Å². The minimum absolute atomic E-state index is 0.0734. The molecule has 0 aliphatic heterocycles. The molecule has 0 saturated heterocycles. The smallest absolute Gasteiger partial charge is 0.307 e. The molecule has 1 heterocycles. The molecule has 1 N–H and O–H groups in total. The summed E-state index contributed by atoms with van der Waals surface area (Å²) in [6.07, 6.45) is 2.10. The number of carbonyl (C=O) groups excluding carboxylic acids is 1. The summed E-state index contributed by atoms with van der Waals surface area (Å²) in [4.78, 5) is 19.5. The minimum Gasteiger partial charge on any atom is -0.466 e. The Morgan fingerprint density at radius 1 is 1.59 bits per heavy atom. The fourth-order valence-corrected chi connectivity index (χ4v) is 1.42. The standard InChI is InChI=1S/C12H19N3O2/c1-4-17-12(16)7-9(2)14-8-11-5-6-13-10(3)15-11/h5-6,9,14H,4,7-8H2,1-3H3. The number of nitrogens with one attached hydrogen (secondary N) is 1. The summed E-state index contributed by atoms with van der Waals surface area (Å²) in [5, 5.41) is 3.22. The molecule has 0 aliphatic rings. The number of hydrogen-bond acceptors (Lipinski definition) is 5. The summed E-state index contributed by atoms with van der Waals surface area (Å²) in [5.74, 6) is 0.578. The van der Waals surface area contributed by atoms with Gasteiger partial charge in [0.15, 0.2) is 0 Å². The molecule has 5 nitrogen and oxygen atoms in total. The van der Waals surface area contributed by atoms with Crippen molar-refractivity contribution >= 4 is 5.97 Å². The van der Waals surface area contributed by atoms with Gasteiger partial charge in [-0.2, -0.15) is 0 Å². The highest BCUT2D eigenvalue weighted by atomic mass is 16.5. The van der Waals surface area contributed by atoms with Crippen molar-refractivity contribution in [1.82, 2.24) is 15.3 Å². The van der Waals surface area contributed by atoms with Crippen LogP contribution in [0, 0.1) is 6.92 Å². The Kier molecular flexibility index (Phi) is 5.56. The molecule has 17 heavy (non-hydrogen) atoms. The van der Waals surface area contributed by atoms with Gasteiger partial charge in [-0.15, -0.1) is 0 Å². The molecular weight excluding hydrogens is 218 g/mol. The molecule has 1 aromatic rings. The van der Waals surface area contributed by atoms with Gasteiger partial charge in [-0.05, 0) is 26.8 Å². The second kappa shape index (κ2) is 6.96. The van der Waals surface area contributed by atoms with E-state index in [4.69, 9.17) is 4.74 Å². The van der Waals surface area contributed by atoms with Crippen molar-refractivity contribution in [3.63, 3.8) is 0 Å². The summed E-state index contributed by atoms with van der Waals surface area (Å²) < 4.78 is 4.88. The van der Waals surface area contributed by atoms with Crippen LogP contribution in [-0.4, -0.2) is 28.6 Å². The van der Waals surface area contributed by atoms with Crippen molar-refractivity contribution in [2.24, 2.45) is 0 Å². The van der Waals surface area contributed by atoms with Crippen molar-refractivity contribution in [2.75, 3.05) is 6.61 Å². The van der Waals surface area contributed by atoms with E-state index in [2.05, 4.69) is 15.3 Å². The van der Waals surface area contributed by atoms with Gasteiger partial charge in [-0.3, -0.25) is 4.79 Å². The average molecular weight is 237 g/mol. The summed E-state index contributed by atoms with van der Waals surface area (Å²) in [5.41, 5.74) is 0.924. The maximum atomic E-state index is 11.2. The van der Waals surface area contributed by atoms with Crippen LogP contribution in [0.5, 0.6) is 0 Å². The number of esters is 1.